The summed E-state index contributed by atoms with van der Waals surface area (Å²) in [6.07, 6.45) is 0. The number of hydrogen-bond acceptors (Lipinski definition) is 4. The lowest BCUT2D eigenvalue weighted by molar-refractivity contribution is 0.365. The highest BCUT2D eigenvalue weighted by molar-refractivity contribution is 5.60. The molecule has 0 aliphatic carbocycles. The highest BCUT2D eigenvalue weighted by atomic mass is 16.5. The number of phenolic OH excluding ortho intramolecular Hbond substituents is 1. The largest absolute Gasteiger partial charge is 0.507 e. The van der Waals surface area contributed by atoms with Crippen molar-refractivity contribution in [2.75, 3.05) is 0 Å². The van der Waals surface area contributed by atoms with E-state index in [2.05, 4.69) is 10.1 Å². The van der Waals surface area contributed by atoms with Gasteiger partial charge >= 0.3 is 0 Å². The van der Waals surface area contributed by atoms with E-state index in [1.807, 2.05) is 39.8 Å². The molecule has 90 valence electrons. The van der Waals surface area contributed by atoms with Crippen LogP contribution in [0.25, 0.3) is 11.4 Å². The third-order valence-electron chi connectivity index (χ3n) is 2.68. The van der Waals surface area contributed by atoms with E-state index in [0.717, 1.165) is 16.7 Å². The molecule has 0 aliphatic heterocycles. The molecule has 0 amide bonds. The SMILES string of the molecule is Cc1cc(-c2noc(C(C)C)n2)cc(C)c1O. The second kappa shape index (κ2) is 4.20. The van der Waals surface area contributed by atoms with Gasteiger partial charge in [0.1, 0.15) is 5.75 Å². The first-order valence-electron chi connectivity index (χ1n) is 5.63. The van der Waals surface area contributed by atoms with E-state index in [1.165, 1.54) is 0 Å². The number of aryl methyl sites for hydroxylation is 2. The predicted molar refractivity (Wildman–Crippen MR) is 65.0 cm³/mol. The van der Waals surface area contributed by atoms with Gasteiger partial charge in [0.05, 0.1) is 0 Å². The maximum atomic E-state index is 9.71. The molecule has 2 aromatic rings. The summed E-state index contributed by atoms with van der Waals surface area (Å²) in [5.74, 6) is 1.74. The molecule has 4 nitrogen and oxygen atoms in total. The highest BCUT2D eigenvalue weighted by Crippen LogP contribution is 2.28. The molecule has 0 aliphatic rings. The van der Waals surface area contributed by atoms with Crippen LogP contribution in [0.5, 0.6) is 5.75 Å². The number of phenols is 1. The normalized spacial score (nSPS) is 11.1. The van der Waals surface area contributed by atoms with Crippen LogP contribution in [0.4, 0.5) is 0 Å². The van der Waals surface area contributed by atoms with Gasteiger partial charge in [0, 0.05) is 11.5 Å². The number of benzene rings is 1. The fourth-order valence-electron chi connectivity index (χ4n) is 1.67. The summed E-state index contributed by atoms with van der Waals surface area (Å²) in [7, 11) is 0. The van der Waals surface area contributed by atoms with E-state index in [9.17, 15) is 5.11 Å². The first-order valence-corrected chi connectivity index (χ1v) is 5.63. The van der Waals surface area contributed by atoms with Crippen LogP contribution in [-0.4, -0.2) is 15.2 Å². The molecule has 1 aromatic carbocycles. The van der Waals surface area contributed by atoms with Gasteiger partial charge in [0.15, 0.2) is 0 Å². The van der Waals surface area contributed by atoms with Gasteiger partial charge in [-0.3, -0.25) is 0 Å². The minimum Gasteiger partial charge on any atom is -0.507 e. The Kier molecular flexibility index (Phi) is 2.88. The minimum atomic E-state index is 0.218. The number of rotatable bonds is 2. The minimum absolute atomic E-state index is 0.218. The number of aromatic hydroxyl groups is 1. The molecule has 0 unspecified atom stereocenters. The third kappa shape index (κ3) is 2.16. The second-order valence-corrected chi connectivity index (χ2v) is 4.57. The zero-order valence-corrected chi connectivity index (χ0v) is 10.5. The van der Waals surface area contributed by atoms with Gasteiger partial charge in [-0.05, 0) is 37.1 Å². The number of aromatic nitrogens is 2. The van der Waals surface area contributed by atoms with Gasteiger partial charge in [-0.2, -0.15) is 4.98 Å². The van der Waals surface area contributed by atoms with Crippen LogP contribution in [-0.2, 0) is 0 Å². The van der Waals surface area contributed by atoms with Crippen LogP contribution in [0, 0.1) is 13.8 Å². The lowest BCUT2D eigenvalue weighted by Gasteiger charge is -2.04. The van der Waals surface area contributed by atoms with Gasteiger partial charge in [0.25, 0.3) is 0 Å². The van der Waals surface area contributed by atoms with Crippen molar-refractivity contribution < 1.29 is 9.63 Å². The quantitative estimate of drug-likeness (QED) is 0.863. The first-order chi connectivity index (χ1) is 7.99. The molecule has 4 heteroatoms. The summed E-state index contributed by atoms with van der Waals surface area (Å²) in [5, 5.41) is 13.7. The van der Waals surface area contributed by atoms with Crippen molar-refractivity contribution >= 4 is 0 Å². The van der Waals surface area contributed by atoms with Crippen molar-refractivity contribution in [3.63, 3.8) is 0 Å². The number of hydrogen-bond donors (Lipinski definition) is 1. The Morgan fingerprint density at radius 1 is 1.18 bits per heavy atom. The van der Waals surface area contributed by atoms with Crippen molar-refractivity contribution in [1.29, 1.82) is 0 Å². The van der Waals surface area contributed by atoms with Crippen molar-refractivity contribution in [3.05, 3.63) is 29.2 Å². The molecule has 0 fully saturated rings. The maximum Gasteiger partial charge on any atom is 0.229 e. The topological polar surface area (TPSA) is 59.2 Å². The molecule has 0 saturated heterocycles. The predicted octanol–water partition coefficient (Wildman–Crippen LogP) is 3.18. The lowest BCUT2D eigenvalue weighted by Crippen LogP contribution is -1.88. The summed E-state index contributed by atoms with van der Waals surface area (Å²) < 4.78 is 5.17. The molecular weight excluding hydrogens is 216 g/mol. The van der Waals surface area contributed by atoms with Crippen molar-refractivity contribution in [2.24, 2.45) is 0 Å². The molecular formula is C13H16N2O2. The average Bonchev–Trinajstić information content (AvgIpc) is 2.74. The fourth-order valence-corrected chi connectivity index (χ4v) is 1.67. The van der Waals surface area contributed by atoms with E-state index in [-0.39, 0.29) is 5.92 Å². The molecule has 1 aromatic heterocycles. The second-order valence-electron chi connectivity index (χ2n) is 4.57. The Morgan fingerprint density at radius 2 is 1.76 bits per heavy atom. The summed E-state index contributed by atoms with van der Waals surface area (Å²) >= 11 is 0. The molecule has 1 heterocycles. The van der Waals surface area contributed by atoms with Gasteiger partial charge in [-0.15, -0.1) is 0 Å². The molecule has 0 spiro atoms. The standard InChI is InChI=1S/C13H16N2O2/c1-7(2)13-14-12(15-17-13)10-5-8(3)11(16)9(4)6-10/h5-7,16H,1-4H3. The van der Waals surface area contributed by atoms with E-state index in [1.54, 1.807) is 0 Å². The number of nitrogens with zero attached hydrogens (tertiary/aromatic N) is 2. The van der Waals surface area contributed by atoms with Gasteiger partial charge in [-0.25, -0.2) is 0 Å². The lowest BCUT2D eigenvalue weighted by atomic mass is 10.1. The van der Waals surface area contributed by atoms with E-state index >= 15 is 0 Å². The maximum absolute atomic E-state index is 9.71. The molecule has 0 saturated carbocycles. The molecule has 1 N–H and O–H groups in total. The molecule has 0 bridgehead atoms. The van der Waals surface area contributed by atoms with E-state index in [4.69, 9.17) is 4.52 Å². The Hall–Kier alpha value is -1.84. The highest BCUT2D eigenvalue weighted by Gasteiger charge is 2.13. The van der Waals surface area contributed by atoms with Crippen molar-refractivity contribution in [2.45, 2.75) is 33.6 Å². The smallest absolute Gasteiger partial charge is 0.229 e. The molecule has 0 radical (unpaired) electrons. The van der Waals surface area contributed by atoms with E-state index in [0.29, 0.717) is 17.5 Å². The van der Waals surface area contributed by atoms with E-state index < -0.39 is 0 Å². The molecule has 2 rings (SSSR count). The zero-order chi connectivity index (χ0) is 12.6. The molecule has 0 atom stereocenters. The third-order valence-corrected chi connectivity index (χ3v) is 2.68. The van der Waals surface area contributed by atoms with Crippen molar-refractivity contribution in [1.82, 2.24) is 10.1 Å². The summed E-state index contributed by atoms with van der Waals surface area (Å²) in [4.78, 5) is 4.33. The summed E-state index contributed by atoms with van der Waals surface area (Å²) in [6, 6.07) is 3.72. The Balaban J connectivity index is 2.46. The van der Waals surface area contributed by atoms with Crippen LogP contribution in [0.1, 0.15) is 36.8 Å². The monoisotopic (exact) mass is 232 g/mol. The summed E-state index contributed by atoms with van der Waals surface area (Å²) in [6.45, 7) is 7.72. The van der Waals surface area contributed by atoms with Crippen LogP contribution in [0.3, 0.4) is 0 Å². The first kappa shape index (κ1) is 11.6. The van der Waals surface area contributed by atoms with Crippen LogP contribution >= 0.6 is 0 Å². The Bertz CT molecular complexity index is 521. The van der Waals surface area contributed by atoms with Gasteiger partial charge in [-0.1, -0.05) is 19.0 Å². The average molecular weight is 232 g/mol. The Morgan fingerprint density at radius 3 is 2.24 bits per heavy atom. The van der Waals surface area contributed by atoms with Gasteiger partial charge < -0.3 is 9.63 Å². The zero-order valence-electron chi connectivity index (χ0n) is 10.5. The van der Waals surface area contributed by atoms with Gasteiger partial charge in [0.2, 0.25) is 11.7 Å². The van der Waals surface area contributed by atoms with Crippen molar-refractivity contribution in [3.8, 4) is 17.1 Å². The molecule has 17 heavy (non-hydrogen) atoms. The van der Waals surface area contributed by atoms with Crippen LogP contribution < -0.4 is 0 Å². The van der Waals surface area contributed by atoms with Crippen LogP contribution in [0.2, 0.25) is 0 Å². The van der Waals surface area contributed by atoms with Crippen LogP contribution in [0.15, 0.2) is 16.7 Å². The Labute approximate surface area is 100 Å². The fraction of sp³-hybridized carbons (Fsp3) is 0.385. The summed E-state index contributed by atoms with van der Waals surface area (Å²) in [5.41, 5.74) is 2.50.